The standard InChI is InChI=1S/C19H21ClN4OS/c1-11-2-5-16(26-11)19(25)23-9-13-3-4-15(14(13)10-23)24-7-6-12-8-17(20)21-22-18(12)24/h2,5,8,13-15H,3-4,6-7,9-10H2,1H3/t13-,14+,15+/m0/s1. The molecule has 2 aromatic heterocycles. The van der Waals surface area contributed by atoms with Gasteiger partial charge in [-0.25, -0.2) is 0 Å². The smallest absolute Gasteiger partial charge is 0.263 e. The summed E-state index contributed by atoms with van der Waals surface area (Å²) >= 11 is 7.59. The molecule has 2 fully saturated rings. The van der Waals surface area contributed by atoms with E-state index >= 15 is 0 Å². The van der Waals surface area contributed by atoms with E-state index in [2.05, 4.69) is 20.0 Å². The Morgan fingerprint density at radius 3 is 2.96 bits per heavy atom. The van der Waals surface area contributed by atoms with Gasteiger partial charge in [0, 0.05) is 42.0 Å². The van der Waals surface area contributed by atoms with Crippen molar-refractivity contribution >= 4 is 34.7 Å². The Morgan fingerprint density at radius 1 is 1.27 bits per heavy atom. The molecule has 0 spiro atoms. The first-order valence-corrected chi connectivity index (χ1v) is 10.4. The zero-order valence-electron chi connectivity index (χ0n) is 14.7. The number of hydrogen-bond donors (Lipinski definition) is 0. The van der Waals surface area contributed by atoms with Crippen molar-refractivity contribution in [2.45, 2.75) is 32.2 Å². The summed E-state index contributed by atoms with van der Waals surface area (Å²) in [5, 5.41) is 8.89. The number of halogens is 1. The van der Waals surface area contributed by atoms with Crippen LogP contribution in [0, 0.1) is 18.8 Å². The molecule has 3 aliphatic rings. The summed E-state index contributed by atoms with van der Waals surface area (Å²) in [6.07, 6.45) is 3.35. The molecule has 0 unspecified atom stereocenters. The number of fused-ring (bicyclic) bond motifs is 2. The lowest BCUT2D eigenvalue weighted by Crippen LogP contribution is -2.40. The van der Waals surface area contributed by atoms with E-state index in [-0.39, 0.29) is 5.91 Å². The SMILES string of the molecule is Cc1ccc(C(=O)N2C[C@@H]3CC[C@@H](N4CCc5cc(Cl)nnc54)[C@@H]3C2)s1. The molecule has 2 aliphatic heterocycles. The number of thiophene rings is 1. The highest BCUT2D eigenvalue weighted by Gasteiger charge is 2.47. The van der Waals surface area contributed by atoms with Crippen LogP contribution in [-0.4, -0.2) is 46.7 Å². The van der Waals surface area contributed by atoms with Crippen molar-refractivity contribution in [3.63, 3.8) is 0 Å². The van der Waals surface area contributed by atoms with Crippen molar-refractivity contribution in [1.82, 2.24) is 15.1 Å². The lowest BCUT2D eigenvalue weighted by atomic mass is 9.97. The van der Waals surface area contributed by atoms with E-state index in [1.165, 1.54) is 23.3 Å². The average Bonchev–Trinajstić information content (AvgIpc) is 3.36. The Balaban J connectivity index is 1.34. The monoisotopic (exact) mass is 388 g/mol. The summed E-state index contributed by atoms with van der Waals surface area (Å²) in [6, 6.07) is 6.39. The number of anilines is 1. The Morgan fingerprint density at radius 2 is 2.15 bits per heavy atom. The summed E-state index contributed by atoms with van der Waals surface area (Å²) in [5.74, 6) is 2.33. The number of carbonyl (C=O) groups excluding carboxylic acids is 1. The van der Waals surface area contributed by atoms with E-state index in [1.54, 1.807) is 11.3 Å². The fraction of sp³-hybridized carbons (Fsp3) is 0.526. The molecular weight excluding hydrogens is 368 g/mol. The Labute approximate surface area is 162 Å². The predicted molar refractivity (Wildman–Crippen MR) is 103 cm³/mol. The molecule has 1 amide bonds. The van der Waals surface area contributed by atoms with Gasteiger partial charge in [0.1, 0.15) is 0 Å². The van der Waals surface area contributed by atoms with E-state index < -0.39 is 0 Å². The molecule has 0 N–H and O–H groups in total. The number of carbonyl (C=O) groups is 1. The maximum absolute atomic E-state index is 12.8. The van der Waals surface area contributed by atoms with Gasteiger partial charge in [-0.1, -0.05) is 11.6 Å². The molecule has 1 saturated heterocycles. The minimum absolute atomic E-state index is 0.199. The van der Waals surface area contributed by atoms with Crippen LogP contribution in [0.15, 0.2) is 18.2 Å². The second kappa shape index (κ2) is 6.20. The van der Waals surface area contributed by atoms with Gasteiger partial charge in [0.05, 0.1) is 4.88 Å². The molecule has 5 rings (SSSR count). The van der Waals surface area contributed by atoms with E-state index in [1.807, 2.05) is 25.1 Å². The third-order valence-corrected chi connectivity index (χ3v) is 7.35. The summed E-state index contributed by atoms with van der Waals surface area (Å²) in [4.78, 5) is 19.4. The van der Waals surface area contributed by atoms with Crippen LogP contribution >= 0.6 is 22.9 Å². The summed E-state index contributed by atoms with van der Waals surface area (Å²) < 4.78 is 0. The summed E-state index contributed by atoms with van der Waals surface area (Å²) in [7, 11) is 0. The third kappa shape index (κ3) is 2.62. The number of aryl methyl sites for hydroxylation is 1. The lowest BCUT2D eigenvalue weighted by molar-refractivity contribution is 0.0784. The maximum Gasteiger partial charge on any atom is 0.263 e. The molecule has 0 radical (unpaired) electrons. The molecule has 26 heavy (non-hydrogen) atoms. The second-order valence-corrected chi connectivity index (χ2v) is 9.32. The molecular formula is C19H21ClN4OS. The Hall–Kier alpha value is -1.66. The first-order chi connectivity index (χ1) is 12.6. The van der Waals surface area contributed by atoms with Gasteiger partial charge < -0.3 is 9.80 Å². The first kappa shape index (κ1) is 16.5. The van der Waals surface area contributed by atoms with Crippen LogP contribution < -0.4 is 4.90 Å². The number of rotatable bonds is 2. The molecule has 7 heteroatoms. The molecule has 4 heterocycles. The van der Waals surface area contributed by atoms with Crippen molar-refractivity contribution in [2.75, 3.05) is 24.5 Å². The van der Waals surface area contributed by atoms with E-state index in [4.69, 9.17) is 11.6 Å². The van der Waals surface area contributed by atoms with Gasteiger partial charge in [-0.15, -0.1) is 21.5 Å². The van der Waals surface area contributed by atoms with Crippen LogP contribution in [0.2, 0.25) is 5.15 Å². The van der Waals surface area contributed by atoms with Crippen molar-refractivity contribution in [1.29, 1.82) is 0 Å². The minimum atomic E-state index is 0.199. The van der Waals surface area contributed by atoms with Crippen molar-refractivity contribution < 1.29 is 4.79 Å². The molecule has 5 nitrogen and oxygen atoms in total. The van der Waals surface area contributed by atoms with Gasteiger partial charge in [0.15, 0.2) is 11.0 Å². The normalized spacial score (nSPS) is 27.1. The van der Waals surface area contributed by atoms with Crippen LogP contribution in [0.5, 0.6) is 0 Å². The van der Waals surface area contributed by atoms with Crippen LogP contribution in [0.25, 0.3) is 0 Å². The topological polar surface area (TPSA) is 49.3 Å². The molecule has 136 valence electrons. The maximum atomic E-state index is 12.8. The van der Waals surface area contributed by atoms with Crippen molar-refractivity contribution in [3.05, 3.63) is 38.7 Å². The van der Waals surface area contributed by atoms with Gasteiger partial charge in [0.2, 0.25) is 0 Å². The number of likely N-dealkylation sites (tertiary alicyclic amines) is 1. The van der Waals surface area contributed by atoms with Crippen LogP contribution in [0.4, 0.5) is 5.82 Å². The second-order valence-electron chi connectivity index (χ2n) is 7.65. The quantitative estimate of drug-likeness (QED) is 0.791. The molecule has 2 aromatic rings. The summed E-state index contributed by atoms with van der Waals surface area (Å²) in [6.45, 7) is 4.78. The zero-order valence-corrected chi connectivity index (χ0v) is 16.3. The van der Waals surface area contributed by atoms with Gasteiger partial charge in [-0.2, -0.15) is 0 Å². The van der Waals surface area contributed by atoms with Crippen LogP contribution in [-0.2, 0) is 6.42 Å². The number of hydrogen-bond acceptors (Lipinski definition) is 5. The molecule has 1 aliphatic carbocycles. The Bertz CT molecular complexity index is 869. The van der Waals surface area contributed by atoms with Crippen molar-refractivity contribution in [3.8, 4) is 0 Å². The van der Waals surface area contributed by atoms with Crippen LogP contribution in [0.1, 0.15) is 33.0 Å². The van der Waals surface area contributed by atoms with Gasteiger partial charge in [-0.3, -0.25) is 4.79 Å². The molecule has 0 bridgehead atoms. The highest BCUT2D eigenvalue weighted by molar-refractivity contribution is 7.13. The number of aromatic nitrogens is 2. The molecule has 1 saturated carbocycles. The predicted octanol–water partition coefficient (Wildman–Crippen LogP) is 3.41. The third-order valence-electron chi connectivity index (χ3n) is 6.17. The fourth-order valence-electron chi connectivity index (χ4n) is 4.99. The summed E-state index contributed by atoms with van der Waals surface area (Å²) in [5.41, 5.74) is 1.20. The fourth-order valence-corrected chi connectivity index (χ4v) is 5.99. The van der Waals surface area contributed by atoms with E-state index in [0.29, 0.717) is 23.0 Å². The van der Waals surface area contributed by atoms with Gasteiger partial charge in [0.25, 0.3) is 5.91 Å². The highest BCUT2D eigenvalue weighted by atomic mass is 35.5. The highest BCUT2D eigenvalue weighted by Crippen LogP contribution is 2.44. The first-order valence-electron chi connectivity index (χ1n) is 9.24. The molecule has 3 atom stereocenters. The lowest BCUT2D eigenvalue weighted by Gasteiger charge is -2.30. The molecule has 0 aromatic carbocycles. The van der Waals surface area contributed by atoms with Crippen molar-refractivity contribution in [2.24, 2.45) is 11.8 Å². The number of nitrogens with zero attached hydrogens (tertiary/aromatic N) is 4. The van der Waals surface area contributed by atoms with Gasteiger partial charge >= 0.3 is 0 Å². The average molecular weight is 389 g/mol. The minimum Gasteiger partial charge on any atom is -0.351 e. The Kier molecular flexibility index (Phi) is 3.94. The largest absolute Gasteiger partial charge is 0.351 e. The number of amides is 1. The van der Waals surface area contributed by atoms with E-state index in [9.17, 15) is 4.79 Å². The van der Waals surface area contributed by atoms with Gasteiger partial charge in [-0.05, 0) is 50.3 Å². The van der Waals surface area contributed by atoms with E-state index in [0.717, 1.165) is 36.8 Å². The van der Waals surface area contributed by atoms with Crippen LogP contribution in [0.3, 0.4) is 0 Å². The zero-order chi connectivity index (χ0) is 17.8.